The zero-order valence-corrected chi connectivity index (χ0v) is 20.2. The van der Waals surface area contributed by atoms with Gasteiger partial charge < -0.3 is 14.6 Å². The highest BCUT2D eigenvalue weighted by molar-refractivity contribution is 7.17. The zero-order valence-electron chi connectivity index (χ0n) is 19.3. The largest absolute Gasteiger partial charge is 0.507 e. The summed E-state index contributed by atoms with van der Waals surface area (Å²) in [6, 6.07) is 8.97. The van der Waals surface area contributed by atoms with Crippen molar-refractivity contribution in [1.82, 2.24) is 9.97 Å². The van der Waals surface area contributed by atoms with E-state index in [1.54, 1.807) is 50.2 Å². The lowest BCUT2D eigenvalue weighted by atomic mass is 9.96. The van der Waals surface area contributed by atoms with Gasteiger partial charge in [-0.3, -0.25) is 19.5 Å². The first-order valence-corrected chi connectivity index (χ1v) is 11.8. The van der Waals surface area contributed by atoms with Crippen LogP contribution in [0.4, 0.5) is 5.13 Å². The Morgan fingerprint density at radius 3 is 2.57 bits per heavy atom. The maximum Gasteiger partial charge on any atom is 0.350 e. The van der Waals surface area contributed by atoms with Crippen molar-refractivity contribution >= 4 is 39.9 Å². The van der Waals surface area contributed by atoms with Crippen molar-refractivity contribution in [3.8, 4) is 5.75 Å². The number of thiazole rings is 1. The second-order valence-corrected chi connectivity index (χ2v) is 8.52. The molecule has 0 bridgehead atoms. The van der Waals surface area contributed by atoms with E-state index in [-0.39, 0.29) is 27.9 Å². The number of hydrogen-bond acceptors (Lipinski definition) is 9. The highest BCUT2D eigenvalue weighted by Crippen LogP contribution is 2.44. The Balaban J connectivity index is 1.88. The number of aromatic nitrogens is 2. The van der Waals surface area contributed by atoms with Crippen LogP contribution in [0.3, 0.4) is 0 Å². The van der Waals surface area contributed by atoms with E-state index >= 15 is 0 Å². The molecule has 1 saturated heterocycles. The maximum absolute atomic E-state index is 13.3. The molecular weight excluding hydrogens is 470 g/mol. The first-order valence-electron chi connectivity index (χ1n) is 11.0. The smallest absolute Gasteiger partial charge is 0.350 e. The van der Waals surface area contributed by atoms with Gasteiger partial charge in [0, 0.05) is 18.0 Å². The first-order chi connectivity index (χ1) is 16.9. The Bertz CT molecular complexity index is 1320. The topological polar surface area (TPSA) is 119 Å². The number of aliphatic hydroxyl groups is 1. The molecular formula is C25H23N3O6S. The number of ketones is 1. The number of ether oxygens (including phenoxy) is 2. The van der Waals surface area contributed by atoms with Gasteiger partial charge >= 0.3 is 11.9 Å². The van der Waals surface area contributed by atoms with E-state index in [1.165, 1.54) is 17.3 Å². The van der Waals surface area contributed by atoms with Gasteiger partial charge in [-0.05, 0) is 50.6 Å². The minimum atomic E-state index is -0.977. The Morgan fingerprint density at radius 1 is 1.14 bits per heavy atom. The SMILES string of the molecule is CCOC(=O)c1sc(N2C(=O)C(=O)C(=C(O)c3cccc(OCC)c3)C2c2ccncc2)nc1C. The Hall–Kier alpha value is -4.05. The molecule has 10 heteroatoms. The van der Waals surface area contributed by atoms with E-state index in [9.17, 15) is 19.5 Å². The molecule has 180 valence electrons. The van der Waals surface area contributed by atoms with Crippen LogP contribution in [0.15, 0.2) is 54.4 Å². The van der Waals surface area contributed by atoms with Crippen LogP contribution in [-0.4, -0.2) is 45.9 Å². The minimum Gasteiger partial charge on any atom is -0.507 e. The van der Waals surface area contributed by atoms with Crippen LogP contribution in [0, 0.1) is 6.92 Å². The number of hydrogen-bond donors (Lipinski definition) is 1. The summed E-state index contributed by atoms with van der Waals surface area (Å²) in [5.74, 6) is -2.11. The summed E-state index contributed by atoms with van der Waals surface area (Å²) in [5.41, 5.74) is 1.16. The van der Waals surface area contributed by atoms with E-state index < -0.39 is 23.7 Å². The van der Waals surface area contributed by atoms with Gasteiger partial charge in [0.25, 0.3) is 5.78 Å². The van der Waals surface area contributed by atoms with Crippen molar-refractivity contribution in [3.05, 3.63) is 76.1 Å². The van der Waals surface area contributed by atoms with E-state index in [2.05, 4.69) is 9.97 Å². The van der Waals surface area contributed by atoms with Gasteiger partial charge in [0.1, 0.15) is 16.4 Å². The lowest BCUT2D eigenvalue weighted by Gasteiger charge is -2.22. The van der Waals surface area contributed by atoms with E-state index in [0.717, 1.165) is 11.3 Å². The third kappa shape index (κ3) is 4.52. The highest BCUT2D eigenvalue weighted by Gasteiger charge is 2.48. The highest BCUT2D eigenvalue weighted by atomic mass is 32.1. The summed E-state index contributed by atoms with van der Waals surface area (Å²) in [6.45, 7) is 5.77. The molecule has 1 fully saturated rings. The van der Waals surface area contributed by atoms with Gasteiger partial charge in [0.05, 0.1) is 30.5 Å². The molecule has 4 rings (SSSR count). The van der Waals surface area contributed by atoms with E-state index in [1.807, 2.05) is 6.92 Å². The van der Waals surface area contributed by atoms with Crippen LogP contribution in [0.25, 0.3) is 5.76 Å². The van der Waals surface area contributed by atoms with Crippen molar-refractivity contribution in [3.63, 3.8) is 0 Å². The molecule has 1 unspecified atom stereocenters. The predicted octanol–water partition coefficient (Wildman–Crippen LogP) is 4.05. The fourth-order valence-corrected chi connectivity index (χ4v) is 4.80. The monoisotopic (exact) mass is 493 g/mol. The average Bonchev–Trinajstić information content (AvgIpc) is 3.36. The molecule has 0 saturated carbocycles. The summed E-state index contributed by atoms with van der Waals surface area (Å²) < 4.78 is 10.6. The normalized spacial score (nSPS) is 17.0. The van der Waals surface area contributed by atoms with Crippen LogP contribution in [-0.2, 0) is 14.3 Å². The van der Waals surface area contributed by atoms with Crippen LogP contribution in [0.2, 0.25) is 0 Å². The number of esters is 1. The molecule has 3 aromatic rings. The van der Waals surface area contributed by atoms with Gasteiger partial charge in [-0.15, -0.1) is 0 Å². The van der Waals surface area contributed by atoms with Gasteiger partial charge in [-0.2, -0.15) is 0 Å². The molecule has 0 radical (unpaired) electrons. The van der Waals surface area contributed by atoms with Crippen molar-refractivity contribution < 1.29 is 29.0 Å². The van der Waals surface area contributed by atoms with Crippen LogP contribution in [0.5, 0.6) is 5.75 Å². The quantitative estimate of drug-likeness (QED) is 0.227. The second kappa shape index (κ2) is 10.1. The molecule has 35 heavy (non-hydrogen) atoms. The number of benzene rings is 1. The lowest BCUT2D eigenvalue weighted by Crippen LogP contribution is -2.29. The number of rotatable bonds is 7. The number of aliphatic hydroxyl groups excluding tert-OH is 1. The van der Waals surface area contributed by atoms with Crippen LogP contribution >= 0.6 is 11.3 Å². The molecule has 0 aliphatic carbocycles. The van der Waals surface area contributed by atoms with Crippen molar-refractivity contribution in [2.75, 3.05) is 18.1 Å². The molecule has 1 atom stereocenters. The Morgan fingerprint density at radius 2 is 1.89 bits per heavy atom. The molecule has 1 aromatic carbocycles. The fraction of sp³-hybridized carbons (Fsp3) is 0.240. The third-order valence-corrected chi connectivity index (χ3v) is 6.47. The fourth-order valence-electron chi connectivity index (χ4n) is 3.82. The second-order valence-electron chi connectivity index (χ2n) is 7.54. The molecule has 1 aliphatic heterocycles. The number of pyridine rings is 1. The molecule has 3 heterocycles. The standard InChI is InChI=1S/C25H23N3O6S/c1-4-33-17-8-6-7-16(13-17)20(29)18-19(15-9-11-26-12-10-15)28(23(31)21(18)30)25-27-14(3)22(35-25)24(32)34-5-2/h6-13,19,29H,4-5H2,1-3H3. The van der Waals surface area contributed by atoms with Gasteiger partial charge in [0.2, 0.25) is 0 Å². The number of nitrogens with zero attached hydrogens (tertiary/aromatic N) is 3. The molecule has 1 aliphatic rings. The van der Waals surface area contributed by atoms with Crippen molar-refractivity contribution in [1.29, 1.82) is 0 Å². The number of Topliss-reactive ketones (excluding diaryl/α,β-unsaturated/α-hetero) is 1. The Kier molecular flexibility index (Phi) is 6.92. The van der Waals surface area contributed by atoms with Gasteiger partial charge in [0.15, 0.2) is 5.13 Å². The molecule has 1 N–H and O–H groups in total. The number of carbonyl (C=O) groups is 3. The molecule has 1 amide bonds. The third-order valence-electron chi connectivity index (χ3n) is 5.34. The summed E-state index contributed by atoms with van der Waals surface area (Å²) in [5, 5.41) is 11.4. The molecule has 0 spiro atoms. The number of aryl methyl sites for hydroxylation is 1. The van der Waals surface area contributed by atoms with Crippen molar-refractivity contribution in [2.24, 2.45) is 0 Å². The maximum atomic E-state index is 13.3. The molecule has 2 aromatic heterocycles. The van der Waals surface area contributed by atoms with Gasteiger partial charge in [-0.1, -0.05) is 23.5 Å². The van der Waals surface area contributed by atoms with Crippen molar-refractivity contribution in [2.45, 2.75) is 26.8 Å². The van der Waals surface area contributed by atoms with E-state index in [4.69, 9.17) is 9.47 Å². The summed E-state index contributed by atoms with van der Waals surface area (Å²) >= 11 is 0.955. The first kappa shape index (κ1) is 24.1. The number of amides is 1. The lowest BCUT2D eigenvalue weighted by molar-refractivity contribution is -0.132. The number of anilines is 1. The molecule has 9 nitrogen and oxygen atoms in total. The van der Waals surface area contributed by atoms with Crippen LogP contribution in [0.1, 0.15) is 46.4 Å². The van der Waals surface area contributed by atoms with E-state index in [0.29, 0.717) is 29.2 Å². The zero-order chi connectivity index (χ0) is 25.1. The predicted molar refractivity (Wildman–Crippen MR) is 129 cm³/mol. The van der Waals surface area contributed by atoms with Gasteiger partial charge in [-0.25, -0.2) is 9.78 Å². The summed E-state index contributed by atoms with van der Waals surface area (Å²) in [7, 11) is 0. The minimum absolute atomic E-state index is 0.0969. The summed E-state index contributed by atoms with van der Waals surface area (Å²) in [4.78, 5) is 48.7. The Labute approximate surface area is 205 Å². The number of carbonyl (C=O) groups excluding carboxylic acids is 3. The summed E-state index contributed by atoms with van der Waals surface area (Å²) in [6.07, 6.45) is 3.06. The van der Waals surface area contributed by atoms with Crippen LogP contribution < -0.4 is 9.64 Å². The average molecular weight is 494 g/mol.